The first-order chi connectivity index (χ1) is 11.1. The molecule has 7 heteroatoms. The Bertz CT molecular complexity index is 777. The molecule has 1 N–H and O–H groups in total. The third-order valence-corrected chi connectivity index (χ3v) is 3.53. The maximum atomic E-state index is 12.4. The molecule has 2 heterocycles. The molecule has 118 valence electrons. The van der Waals surface area contributed by atoms with E-state index in [-0.39, 0.29) is 5.91 Å². The van der Waals surface area contributed by atoms with E-state index >= 15 is 0 Å². The smallest absolute Gasteiger partial charge is 0.253 e. The zero-order valence-electron chi connectivity index (χ0n) is 13.0. The number of nitrogens with one attached hydrogen (secondary N) is 1. The van der Waals surface area contributed by atoms with E-state index in [1.54, 1.807) is 25.1 Å². The average molecular weight is 311 g/mol. The SMILES string of the molecule is Cc1nc(CCN(C)C(=O)c2ccc(-c3ccn[nH]3)cc2)no1. The summed E-state index contributed by atoms with van der Waals surface area (Å²) in [5.74, 6) is 1.10. The van der Waals surface area contributed by atoms with Gasteiger partial charge in [0.2, 0.25) is 5.89 Å². The van der Waals surface area contributed by atoms with Crippen molar-refractivity contribution in [2.45, 2.75) is 13.3 Å². The number of nitrogens with zero attached hydrogens (tertiary/aromatic N) is 4. The van der Waals surface area contributed by atoms with E-state index in [2.05, 4.69) is 20.3 Å². The summed E-state index contributed by atoms with van der Waals surface area (Å²) in [6.45, 7) is 2.27. The van der Waals surface area contributed by atoms with Crippen molar-refractivity contribution in [2.75, 3.05) is 13.6 Å². The maximum absolute atomic E-state index is 12.4. The molecule has 2 aromatic heterocycles. The van der Waals surface area contributed by atoms with Gasteiger partial charge in [-0.15, -0.1) is 0 Å². The van der Waals surface area contributed by atoms with Crippen LogP contribution in [0.15, 0.2) is 41.1 Å². The first kappa shape index (κ1) is 15.0. The van der Waals surface area contributed by atoms with Crippen LogP contribution in [0, 0.1) is 6.92 Å². The number of benzene rings is 1. The molecule has 0 aliphatic rings. The maximum Gasteiger partial charge on any atom is 0.253 e. The zero-order valence-corrected chi connectivity index (χ0v) is 13.0. The molecule has 0 saturated heterocycles. The van der Waals surface area contributed by atoms with Gasteiger partial charge in [-0.25, -0.2) is 0 Å². The van der Waals surface area contributed by atoms with Gasteiger partial charge in [0.05, 0.1) is 5.69 Å². The lowest BCUT2D eigenvalue weighted by molar-refractivity contribution is 0.0796. The standard InChI is InChI=1S/C16H17N5O2/c1-11-18-15(20-23-11)8-10-21(2)16(22)13-5-3-12(4-6-13)14-7-9-17-19-14/h3-7,9H,8,10H2,1-2H3,(H,17,19). The second-order valence-corrected chi connectivity index (χ2v) is 5.25. The largest absolute Gasteiger partial charge is 0.341 e. The Morgan fingerprint density at radius 2 is 2.04 bits per heavy atom. The Morgan fingerprint density at radius 3 is 2.65 bits per heavy atom. The molecule has 3 aromatic rings. The summed E-state index contributed by atoms with van der Waals surface area (Å²) in [7, 11) is 1.76. The number of hydrogen-bond acceptors (Lipinski definition) is 5. The topological polar surface area (TPSA) is 87.9 Å². The van der Waals surface area contributed by atoms with Crippen LogP contribution in [0.5, 0.6) is 0 Å². The summed E-state index contributed by atoms with van der Waals surface area (Å²) in [5, 5.41) is 10.6. The Labute approximate surface area is 133 Å². The van der Waals surface area contributed by atoms with Gasteiger partial charge in [0.25, 0.3) is 5.91 Å². The summed E-state index contributed by atoms with van der Waals surface area (Å²) in [6, 6.07) is 9.31. The van der Waals surface area contributed by atoms with E-state index in [4.69, 9.17) is 4.52 Å². The highest BCUT2D eigenvalue weighted by Gasteiger charge is 2.13. The van der Waals surface area contributed by atoms with Crippen molar-refractivity contribution in [3.05, 3.63) is 53.8 Å². The minimum absolute atomic E-state index is 0.0404. The van der Waals surface area contributed by atoms with Crippen LogP contribution in [0.25, 0.3) is 11.3 Å². The molecule has 0 saturated carbocycles. The van der Waals surface area contributed by atoms with Crippen molar-refractivity contribution in [2.24, 2.45) is 0 Å². The quantitative estimate of drug-likeness (QED) is 0.779. The summed E-state index contributed by atoms with van der Waals surface area (Å²) >= 11 is 0. The lowest BCUT2D eigenvalue weighted by Crippen LogP contribution is -2.29. The third kappa shape index (κ3) is 3.45. The first-order valence-corrected chi connectivity index (χ1v) is 7.28. The van der Waals surface area contributed by atoms with Crippen LogP contribution in [0.1, 0.15) is 22.1 Å². The molecular weight excluding hydrogens is 294 g/mol. The number of amides is 1. The number of H-pyrrole nitrogens is 1. The number of carbonyl (C=O) groups excluding carboxylic acids is 1. The third-order valence-electron chi connectivity index (χ3n) is 3.53. The van der Waals surface area contributed by atoms with Crippen molar-refractivity contribution >= 4 is 5.91 Å². The molecule has 0 aliphatic carbocycles. The molecule has 0 bridgehead atoms. The van der Waals surface area contributed by atoms with E-state index in [9.17, 15) is 4.79 Å². The zero-order chi connectivity index (χ0) is 16.2. The van der Waals surface area contributed by atoms with Gasteiger partial charge < -0.3 is 9.42 Å². The van der Waals surface area contributed by atoms with Crippen molar-refractivity contribution in [3.63, 3.8) is 0 Å². The van der Waals surface area contributed by atoms with Crippen LogP contribution in [-0.2, 0) is 6.42 Å². The summed E-state index contributed by atoms with van der Waals surface area (Å²) in [6.07, 6.45) is 2.26. The predicted octanol–water partition coefficient (Wildman–Crippen LogP) is 2.08. The molecule has 0 unspecified atom stereocenters. The summed E-state index contributed by atoms with van der Waals surface area (Å²) in [4.78, 5) is 18.2. The molecule has 1 amide bonds. The van der Waals surface area contributed by atoms with Gasteiger partial charge in [0.15, 0.2) is 5.82 Å². The van der Waals surface area contributed by atoms with Gasteiger partial charge in [-0.05, 0) is 23.8 Å². The lowest BCUT2D eigenvalue weighted by atomic mass is 10.1. The second kappa shape index (κ2) is 6.43. The molecule has 0 spiro atoms. The minimum atomic E-state index is -0.0404. The number of rotatable bonds is 5. The Hall–Kier alpha value is -2.96. The monoisotopic (exact) mass is 311 g/mol. The van der Waals surface area contributed by atoms with Crippen LogP contribution in [-0.4, -0.2) is 44.7 Å². The van der Waals surface area contributed by atoms with E-state index in [0.717, 1.165) is 11.3 Å². The lowest BCUT2D eigenvalue weighted by Gasteiger charge is -2.16. The number of hydrogen-bond donors (Lipinski definition) is 1. The van der Waals surface area contributed by atoms with Gasteiger partial charge in [-0.1, -0.05) is 17.3 Å². The van der Waals surface area contributed by atoms with E-state index in [1.165, 1.54) is 0 Å². The normalized spacial score (nSPS) is 10.7. The van der Waals surface area contributed by atoms with Crippen LogP contribution in [0.2, 0.25) is 0 Å². The van der Waals surface area contributed by atoms with Gasteiger partial charge in [0.1, 0.15) is 0 Å². The fourth-order valence-corrected chi connectivity index (χ4v) is 2.24. The Morgan fingerprint density at radius 1 is 1.26 bits per heavy atom. The summed E-state index contributed by atoms with van der Waals surface area (Å²) < 4.78 is 4.92. The fraction of sp³-hybridized carbons (Fsp3) is 0.250. The molecule has 7 nitrogen and oxygen atoms in total. The van der Waals surface area contributed by atoms with Crippen LogP contribution in [0.4, 0.5) is 0 Å². The van der Waals surface area contributed by atoms with E-state index < -0.39 is 0 Å². The number of aryl methyl sites for hydroxylation is 1. The predicted molar refractivity (Wildman–Crippen MR) is 83.7 cm³/mol. The highest BCUT2D eigenvalue weighted by atomic mass is 16.5. The van der Waals surface area contributed by atoms with Gasteiger partial charge in [-0.3, -0.25) is 9.89 Å². The Kier molecular flexibility index (Phi) is 4.18. The fourth-order valence-electron chi connectivity index (χ4n) is 2.24. The number of aromatic nitrogens is 4. The number of likely N-dealkylation sites (N-methyl/N-ethyl adjacent to an activating group) is 1. The van der Waals surface area contributed by atoms with Gasteiger partial charge in [-0.2, -0.15) is 10.1 Å². The van der Waals surface area contributed by atoms with Gasteiger partial charge in [0, 0.05) is 38.7 Å². The molecule has 23 heavy (non-hydrogen) atoms. The van der Waals surface area contributed by atoms with E-state index in [0.29, 0.717) is 30.2 Å². The highest BCUT2D eigenvalue weighted by Crippen LogP contribution is 2.17. The van der Waals surface area contributed by atoms with Crippen molar-refractivity contribution in [1.82, 2.24) is 25.2 Å². The molecule has 0 aliphatic heterocycles. The molecule has 0 atom stereocenters. The van der Waals surface area contributed by atoms with Crippen LogP contribution in [0.3, 0.4) is 0 Å². The Balaban J connectivity index is 1.62. The number of carbonyl (C=O) groups is 1. The average Bonchev–Trinajstić information content (AvgIpc) is 3.24. The molecule has 1 aromatic carbocycles. The molecule has 3 rings (SSSR count). The van der Waals surface area contributed by atoms with Gasteiger partial charge >= 0.3 is 0 Å². The van der Waals surface area contributed by atoms with E-state index in [1.807, 2.05) is 30.3 Å². The van der Waals surface area contributed by atoms with Crippen molar-refractivity contribution < 1.29 is 9.32 Å². The van der Waals surface area contributed by atoms with Crippen molar-refractivity contribution in [3.8, 4) is 11.3 Å². The molecule has 0 fully saturated rings. The number of aromatic amines is 1. The van der Waals surface area contributed by atoms with Crippen LogP contribution < -0.4 is 0 Å². The molecule has 0 radical (unpaired) electrons. The van der Waals surface area contributed by atoms with Crippen LogP contribution >= 0.6 is 0 Å². The highest BCUT2D eigenvalue weighted by molar-refractivity contribution is 5.94. The molecular formula is C16H17N5O2. The first-order valence-electron chi connectivity index (χ1n) is 7.28. The minimum Gasteiger partial charge on any atom is -0.341 e. The second-order valence-electron chi connectivity index (χ2n) is 5.25. The van der Waals surface area contributed by atoms with Crippen molar-refractivity contribution in [1.29, 1.82) is 0 Å². The summed E-state index contributed by atoms with van der Waals surface area (Å²) in [5.41, 5.74) is 2.55.